The summed E-state index contributed by atoms with van der Waals surface area (Å²) in [5.74, 6) is -1.33. The van der Waals surface area contributed by atoms with Crippen LogP contribution < -0.4 is 33.7 Å². The van der Waals surface area contributed by atoms with Gasteiger partial charge in [-0.05, 0) is 203 Å². The minimum absolute atomic E-state index is 0.0186. The minimum Gasteiger partial charge on any atom is -0.535 e. The Morgan fingerprint density at radius 3 is 0.796 bits per heavy atom. The number of benzene rings is 6. The van der Waals surface area contributed by atoms with Crippen LogP contribution >= 0.6 is 11.6 Å². The lowest BCUT2D eigenvalue weighted by atomic mass is 9.64. The smallest absolute Gasteiger partial charge is 0.526 e. The van der Waals surface area contributed by atoms with Crippen molar-refractivity contribution in [1.82, 2.24) is 0 Å². The maximum absolute atomic E-state index is 12.1. The third-order valence-electron chi connectivity index (χ3n) is 23.6. The number of rotatable bonds is 39. The van der Waals surface area contributed by atoms with Crippen LogP contribution in [0.3, 0.4) is 0 Å². The van der Waals surface area contributed by atoms with Crippen LogP contribution in [0.5, 0.6) is 34.5 Å². The molecule has 137 heavy (non-hydrogen) atoms. The van der Waals surface area contributed by atoms with Gasteiger partial charge in [-0.25, -0.2) is 16.8 Å². The first-order chi connectivity index (χ1) is 64.3. The topological polar surface area (TPSA) is 519 Å². The molecule has 6 heterocycles. The van der Waals surface area contributed by atoms with Crippen LogP contribution in [0.25, 0.3) is 0 Å². The molecule has 32 nitrogen and oxygen atoms in total. The maximum Gasteiger partial charge on any atom is 0.526 e. The first-order valence-electron chi connectivity index (χ1n) is 45.7. The zero-order valence-electron chi connectivity index (χ0n) is 79.6. The summed E-state index contributed by atoms with van der Waals surface area (Å²) >= 11 is 6.10. The van der Waals surface area contributed by atoms with E-state index in [4.69, 9.17) is 50.0 Å². The van der Waals surface area contributed by atoms with Crippen LogP contribution in [0.2, 0.25) is 34.9 Å². The second-order valence-corrected chi connectivity index (χ2v) is 41.8. The lowest BCUT2D eigenvalue weighted by Crippen LogP contribution is -2.36. The number of carbonyl (C=O) groups is 14. The number of hydrogen-bond donors (Lipinski definition) is 7. The average molecular weight is 1950 g/mol. The van der Waals surface area contributed by atoms with Gasteiger partial charge in [0.2, 0.25) is 5.91 Å². The normalized spacial score (nSPS) is 17.0. The molecule has 0 saturated heterocycles. The fourth-order valence-electron chi connectivity index (χ4n) is 16.4. The summed E-state index contributed by atoms with van der Waals surface area (Å²) in [5.41, 5.74) is 12.6. The molecule has 0 aliphatic carbocycles. The monoisotopic (exact) mass is 1950 g/mol. The Hall–Kier alpha value is -10.4. The number of sulfone groups is 2. The van der Waals surface area contributed by atoms with E-state index in [1.54, 1.807) is 78.9 Å². The van der Waals surface area contributed by atoms with Gasteiger partial charge in [0.1, 0.15) is 95.5 Å². The molecule has 734 valence electrons. The van der Waals surface area contributed by atoms with E-state index in [2.05, 4.69) is 0 Å². The van der Waals surface area contributed by atoms with Crippen LogP contribution in [-0.4, -0.2) is 213 Å². The molecule has 6 aliphatic heterocycles. The van der Waals surface area contributed by atoms with Crippen molar-refractivity contribution in [3.63, 3.8) is 0 Å². The summed E-state index contributed by atoms with van der Waals surface area (Å²) < 4.78 is 82.4. The van der Waals surface area contributed by atoms with Gasteiger partial charge >= 0.3 is 42.7 Å². The number of alkyl halides is 1. The molecular weight excluding hydrogens is 1830 g/mol. The van der Waals surface area contributed by atoms with Crippen LogP contribution in [0, 0.1) is 0 Å². The zero-order chi connectivity index (χ0) is 102. The van der Waals surface area contributed by atoms with Crippen molar-refractivity contribution in [2.24, 2.45) is 5.73 Å². The quantitative estimate of drug-likeness (QED) is 0.0107. The molecule has 12 rings (SSSR count). The number of nitrogens with two attached hydrogens (primary N) is 1. The highest BCUT2D eigenvalue weighted by Gasteiger charge is 2.44. The summed E-state index contributed by atoms with van der Waals surface area (Å²) in [6, 6.07) is 31.6. The Morgan fingerprint density at radius 2 is 0.577 bits per heavy atom. The Kier molecular flexibility index (Phi) is 44.0. The zero-order valence-corrected chi connectivity index (χ0v) is 82.0. The number of para-hydroxylation sites is 6. The Labute approximate surface area is 807 Å². The minimum atomic E-state index is -3.19. The second-order valence-electron chi connectivity index (χ2n) is 36.2. The Morgan fingerprint density at radius 1 is 0.350 bits per heavy atom. The third kappa shape index (κ3) is 36.7. The predicted octanol–water partition coefficient (Wildman–Crippen LogP) is 11.3. The van der Waals surface area contributed by atoms with Crippen molar-refractivity contribution in [3.8, 4) is 34.5 Å². The molecule has 0 spiro atoms. The summed E-state index contributed by atoms with van der Waals surface area (Å²) in [4.78, 5) is 163. The van der Waals surface area contributed by atoms with Gasteiger partial charge in [-0.2, -0.15) is 0 Å². The lowest BCUT2D eigenvalue weighted by Gasteiger charge is -2.28. The maximum atomic E-state index is 12.1. The number of fused-ring (bicyclic) bond motifs is 6. The summed E-state index contributed by atoms with van der Waals surface area (Å²) in [6.07, 6.45) is 9.56. The highest BCUT2D eigenvalue weighted by molar-refractivity contribution is 7.90. The van der Waals surface area contributed by atoms with Gasteiger partial charge in [0.05, 0.1) is 44.9 Å². The van der Waals surface area contributed by atoms with Crippen molar-refractivity contribution >= 4 is 155 Å². The standard InChI is InChI=1S/C17H22BClO4.C17H21BO5.C16H20BNO5.C16H21BO6S.C15H19BO6S.C15H19BO5/c1-11(20)15-6-4-5-12-9-13(18(22)23-16(12)15)10-14(21)7-8-17(2,3)19;1-11(19)5-3-7-15(21)10-14-9-13-6-4-8-16(12(2)20)17(13)23-18(14)22;1-10(19)14-6-2-4-11-8-12(17(22)23-16(11)14)9-13(20)5-3-7-15(18)21;1-11(18)15-7-3-5-12-9-13(17(20)23-16(12)15)10-14(19)6-4-8-24(2,21)22;1-10(17)14-5-3-4-11-8-12(16(19)22-15(11)14)9-13(18)6-7-23(2,20)21;1-3-20-9-13(18)8-12-7-11-5-4-6-14(10(2)17)15(11)21-16(12)19/h4-6,13,22H,7-10H2,1-3H3;4,6,8,14,22H,3,5,7,9-10H2,1-2H3;2,4,6,12,22H,3,5,7-9H2,1H3,(H2,18,21);3,5,7,13,20H,4,6,8-10H2,1-2H3;3-5,12,19H,6-9H2,1-2H3;4-6,12,19H,3,7-9H2,1-2H3/t13-;14-;12-;13-;2*12-/m111111/s1. The number of halogens is 1. The van der Waals surface area contributed by atoms with E-state index in [1.165, 1.54) is 48.5 Å². The van der Waals surface area contributed by atoms with E-state index < -0.39 is 84.8 Å². The van der Waals surface area contributed by atoms with Gasteiger partial charge in [-0.3, -0.25) is 62.3 Å². The largest absolute Gasteiger partial charge is 0.535 e. The molecule has 41 heteroatoms. The number of primary amides is 1. The number of ketones is 13. The molecule has 0 unspecified atom stereocenters. The molecule has 6 aromatic rings. The van der Waals surface area contributed by atoms with Crippen molar-refractivity contribution in [2.45, 2.75) is 257 Å². The van der Waals surface area contributed by atoms with Gasteiger partial charge in [0, 0.05) is 142 Å². The summed E-state index contributed by atoms with van der Waals surface area (Å²) in [6.45, 7) is 16.3. The SMILES string of the molecule is CC(=O)CCCC(=O)C[C@H]1Cc2cccc(C(C)=O)c2OB1O.CC(=O)c1cccc2c1OB(O)[C@@H](CC(=O)CCC(C)(C)Cl)C2.CC(=O)c1cccc2c1OB(O)[C@@H](CC(=O)CCCC(N)=O)C2.CC(=O)c1cccc2c1OB(O)[C@@H](CC(=O)CCCS(C)(=O)=O)C2.CC(=O)c1cccc2c1OB(O)[C@@H](CC(=O)CCS(C)(=O)=O)C2.CCOCC(=O)C[C@H]1Cc2cccc(C(C)=O)c2OB1O. The molecule has 0 aromatic heterocycles. The molecule has 6 aromatic carbocycles. The first-order valence-corrected chi connectivity index (χ1v) is 50.2. The number of carbonyl (C=O) groups excluding carboxylic acids is 14. The van der Waals surface area contributed by atoms with E-state index in [0.29, 0.717) is 152 Å². The fourth-order valence-corrected chi connectivity index (χ4v) is 17.8. The van der Waals surface area contributed by atoms with Crippen LogP contribution in [-0.2, 0) is 101 Å². The van der Waals surface area contributed by atoms with Gasteiger partial charge in [0.15, 0.2) is 40.5 Å². The van der Waals surface area contributed by atoms with E-state index >= 15 is 0 Å². The molecule has 0 radical (unpaired) electrons. The lowest BCUT2D eigenvalue weighted by molar-refractivity contribution is -0.124. The highest BCUT2D eigenvalue weighted by atomic mass is 35.5. The van der Waals surface area contributed by atoms with Crippen molar-refractivity contribution in [2.75, 3.05) is 37.2 Å². The molecule has 6 aliphatic rings. The van der Waals surface area contributed by atoms with Crippen LogP contribution in [0.1, 0.15) is 274 Å². The molecule has 0 fully saturated rings. The van der Waals surface area contributed by atoms with E-state index in [0.717, 1.165) is 45.9 Å². The fraction of sp³-hybridized carbons (Fsp3) is 0.479. The summed E-state index contributed by atoms with van der Waals surface area (Å²) in [7, 11) is -13.0. The first kappa shape index (κ1) is 114. The number of amides is 1. The summed E-state index contributed by atoms with van der Waals surface area (Å²) in [5, 5.41) is 60.8. The Balaban J connectivity index is 0.000000224. The van der Waals surface area contributed by atoms with E-state index in [-0.39, 0.29) is 187 Å². The van der Waals surface area contributed by atoms with Gasteiger partial charge < -0.3 is 73.3 Å². The molecule has 1 amide bonds. The van der Waals surface area contributed by atoms with Crippen LogP contribution in [0.15, 0.2) is 109 Å². The van der Waals surface area contributed by atoms with Gasteiger partial charge in [0.25, 0.3) is 0 Å². The van der Waals surface area contributed by atoms with Gasteiger partial charge in [-0.1, -0.05) is 72.8 Å². The molecule has 6 atom stereocenters. The molecular formula is C96H122B6ClNO31S2. The number of hydrogen-bond acceptors (Lipinski definition) is 31. The van der Waals surface area contributed by atoms with E-state index in [1.807, 2.05) is 51.1 Å². The molecule has 0 bridgehead atoms. The Bertz CT molecular complexity index is 5520. The second kappa shape index (κ2) is 53.1. The molecule has 0 saturated carbocycles. The molecule has 8 N–H and O–H groups in total. The van der Waals surface area contributed by atoms with Crippen LogP contribution in [0.4, 0.5) is 0 Å². The number of Topliss-reactive ketones (excluding diaryl/α,β-unsaturated/α-hetero) is 13. The predicted molar refractivity (Wildman–Crippen MR) is 519 cm³/mol. The average Bonchev–Trinajstić information content (AvgIpc) is 0.821. The highest BCUT2D eigenvalue weighted by Crippen LogP contribution is 2.44. The van der Waals surface area contributed by atoms with Crippen molar-refractivity contribution in [1.29, 1.82) is 0 Å². The van der Waals surface area contributed by atoms with Crippen molar-refractivity contribution in [3.05, 3.63) is 176 Å². The third-order valence-corrected chi connectivity index (χ3v) is 25.8. The van der Waals surface area contributed by atoms with E-state index in [9.17, 15) is 114 Å². The van der Waals surface area contributed by atoms with Gasteiger partial charge in [-0.15, -0.1) is 11.6 Å². The van der Waals surface area contributed by atoms with Crippen molar-refractivity contribution < 1.29 is 147 Å². The number of ether oxygens (including phenoxy) is 1.